The Kier molecular flexibility index (Phi) is 9.47. The Morgan fingerprint density at radius 3 is 2.53 bits per heavy atom. The van der Waals surface area contributed by atoms with Crippen LogP contribution in [0.5, 0.6) is 0 Å². The first-order valence-electron chi connectivity index (χ1n) is 12.8. The summed E-state index contributed by atoms with van der Waals surface area (Å²) in [5.41, 5.74) is 9.32. The first-order valence-corrected chi connectivity index (χ1v) is 16.0. The van der Waals surface area contributed by atoms with E-state index in [1.807, 2.05) is 28.7 Å². The van der Waals surface area contributed by atoms with E-state index in [-0.39, 0.29) is 5.92 Å². The maximum absolute atomic E-state index is 4.38. The van der Waals surface area contributed by atoms with Gasteiger partial charge in [-0.1, -0.05) is 105 Å². The molecule has 0 saturated heterocycles. The summed E-state index contributed by atoms with van der Waals surface area (Å²) >= 11 is 6.35. The molecule has 0 nitrogen and oxygen atoms in total. The zero-order valence-electron chi connectivity index (χ0n) is 21.6. The van der Waals surface area contributed by atoms with Crippen molar-refractivity contribution < 1.29 is 0 Å². The number of hydrogen-bond donors (Lipinski definition) is 0. The molecular weight excluding hydrogens is 587 g/mol. The Labute approximate surface area is 238 Å². The quantitative estimate of drug-likeness (QED) is 0.0676. The predicted octanol–water partition coefficient (Wildman–Crippen LogP) is 11.7. The molecule has 2 atom stereocenters. The third kappa shape index (κ3) is 5.97. The molecule has 0 spiro atoms. The highest BCUT2D eigenvalue weighted by atomic mass is 127. The lowest BCUT2D eigenvalue weighted by Crippen LogP contribution is -2.02. The third-order valence-corrected chi connectivity index (χ3v) is 10.1. The zero-order chi connectivity index (χ0) is 25.7. The zero-order valence-corrected chi connectivity index (χ0v) is 25.4. The number of allylic oxidation sites excluding steroid dienone is 3. The molecule has 2 aromatic heterocycles. The topological polar surface area (TPSA) is 0 Å². The molecule has 0 aliphatic rings. The van der Waals surface area contributed by atoms with Crippen molar-refractivity contribution in [2.75, 3.05) is 4.43 Å². The van der Waals surface area contributed by atoms with E-state index in [9.17, 15) is 0 Å². The van der Waals surface area contributed by atoms with Gasteiger partial charge >= 0.3 is 0 Å². The van der Waals surface area contributed by atoms with Crippen LogP contribution in [-0.2, 0) is 0 Å². The second kappa shape index (κ2) is 12.6. The molecule has 2 unspecified atom stereocenters. The fourth-order valence-corrected chi connectivity index (χ4v) is 8.31. The van der Waals surface area contributed by atoms with Crippen LogP contribution in [0.4, 0.5) is 0 Å². The standard InChI is InChI=1S/C33H35IS2/c1-6-8-12-26(17-18-34)27-15-16-30-31(20-27)36-32-21-28(35-33(30)32)19-22(3)29(7-2)24(5)23(4)25-13-10-9-11-14-25/h9-11,13-16,19-21,24,26H,2,4,6,8,12,17-18H2,1,3,5H3/b22-19-. The summed E-state index contributed by atoms with van der Waals surface area (Å²) in [6.07, 6.45) is 7.45. The monoisotopic (exact) mass is 622 g/mol. The lowest BCUT2D eigenvalue weighted by atomic mass is 9.86. The molecule has 0 saturated carbocycles. The predicted molar refractivity (Wildman–Crippen MR) is 174 cm³/mol. The maximum atomic E-state index is 4.38. The average Bonchev–Trinajstić information content (AvgIpc) is 3.43. The smallest absolute Gasteiger partial charge is 0.0535 e. The van der Waals surface area contributed by atoms with Crippen LogP contribution >= 0.6 is 45.3 Å². The summed E-state index contributed by atoms with van der Waals surface area (Å²) in [7, 11) is 0. The van der Waals surface area contributed by atoms with Crippen molar-refractivity contribution in [1.29, 1.82) is 0 Å². The van der Waals surface area contributed by atoms with E-state index in [0.717, 1.165) is 11.1 Å². The second-order valence-corrected chi connectivity index (χ2v) is 12.8. The minimum absolute atomic E-state index is 0.157. The molecule has 0 bridgehead atoms. The summed E-state index contributed by atoms with van der Waals surface area (Å²) in [4.78, 5) is 1.29. The highest BCUT2D eigenvalue weighted by Gasteiger charge is 2.17. The minimum Gasteiger partial charge on any atom is -0.134 e. The Hall–Kier alpha value is -1.91. The fraction of sp³-hybridized carbons (Fsp3) is 0.303. The number of hydrogen-bond acceptors (Lipinski definition) is 2. The average molecular weight is 623 g/mol. The number of alkyl halides is 1. The van der Waals surface area contributed by atoms with Crippen LogP contribution in [0.3, 0.4) is 0 Å². The molecule has 0 fully saturated rings. The fourth-order valence-electron chi connectivity index (χ4n) is 4.97. The lowest BCUT2D eigenvalue weighted by Gasteiger charge is -2.18. The van der Waals surface area contributed by atoms with Gasteiger partial charge in [0.1, 0.15) is 0 Å². The van der Waals surface area contributed by atoms with E-state index in [2.05, 4.69) is 117 Å². The molecule has 186 valence electrons. The molecule has 3 heteroatoms. The van der Waals surface area contributed by atoms with Crippen molar-refractivity contribution in [3.63, 3.8) is 0 Å². The van der Waals surface area contributed by atoms with Gasteiger partial charge in [-0.2, -0.15) is 0 Å². The van der Waals surface area contributed by atoms with Crippen molar-refractivity contribution in [3.05, 3.63) is 101 Å². The molecule has 4 rings (SSSR count). The van der Waals surface area contributed by atoms with Crippen LogP contribution in [0, 0.1) is 5.92 Å². The Bertz CT molecular complexity index is 1430. The second-order valence-electron chi connectivity index (χ2n) is 9.55. The lowest BCUT2D eigenvalue weighted by molar-refractivity contribution is 0.576. The highest BCUT2D eigenvalue weighted by molar-refractivity contribution is 14.1. The summed E-state index contributed by atoms with van der Waals surface area (Å²) in [5, 5.41) is 1.40. The minimum atomic E-state index is 0.157. The van der Waals surface area contributed by atoms with Gasteiger partial charge in [0, 0.05) is 35.6 Å². The van der Waals surface area contributed by atoms with E-state index in [1.165, 1.54) is 71.2 Å². The van der Waals surface area contributed by atoms with Gasteiger partial charge in [0.2, 0.25) is 0 Å². The number of halogens is 1. The van der Waals surface area contributed by atoms with Crippen LogP contribution in [0.15, 0.2) is 84.6 Å². The van der Waals surface area contributed by atoms with Crippen LogP contribution in [0.1, 0.15) is 68.4 Å². The van der Waals surface area contributed by atoms with Crippen LogP contribution < -0.4 is 0 Å². The molecule has 0 N–H and O–H groups in total. The van der Waals surface area contributed by atoms with Gasteiger partial charge in [0.15, 0.2) is 0 Å². The largest absolute Gasteiger partial charge is 0.134 e. The molecule has 4 aromatic rings. The molecule has 2 aromatic carbocycles. The number of fused-ring (bicyclic) bond motifs is 3. The van der Waals surface area contributed by atoms with Crippen molar-refractivity contribution in [2.24, 2.45) is 5.92 Å². The third-order valence-electron chi connectivity index (χ3n) is 7.10. The van der Waals surface area contributed by atoms with Gasteiger partial charge < -0.3 is 0 Å². The first-order chi connectivity index (χ1) is 17.5. The molecule has 36 heavy (non-hydrogen) atoms. The number of rotatable bonds is 11. The van der Waals surface area contributed by atoms with Gasteiger partial charge in [-0.15, -0.1) is 28.4 Å². The van der Waals surface area contributed by atoms with Crippen LogP contribution in [0.2, 0.25) is 0 Å². The molecule has 0 aliphatic heterocycles. The summed E-state index contributed by atoms with van der Waals surface area (Å²) in [6, 6.07) is 20.0. The van der Waals surface area contributed by atoms with Gasteiger partial charge in [0.05, 0.1) is 4.70 Å². The molecule has 0 radical (unpaired) electrons. The van der Waals surface area contributed by atoms with Gasteiger partial charge in [0.25, 0.3) is 0 Å². The molecule has 0 aliphatic carbocycles. The van der Waals surface area contributed by atoms with Crippen LogP contribution in [0.25, 0.3) is 31.1 Å². The molecular formula is C33H35IS2. The van der Waals surface area contributed by atoms with E-state index in [0.29, 0.717) is 5.92 Å². The Balaban J connectivity index is 1.60. The SMILES string of the molecule is C=C=C(/C(C)=C\c1cc2sc3cc(C(CCI)CCCC)ccc3c2s1)C(C)C(=C)c1ccccc1. The number of thiophene rings is 2. The normalized spacial score (nSPS) is 13.6. The summed E-state index contributed by atoms with van der Waals surface area (Å²) in [5.74, 6) is 0.842. The van der Waals surface area contributed by atoms with Crippen molar-refractivity contribution in [2.45, 2.75) is 52.4 Å². The number of benzene rings is 2. The van der Waals surface area contributed by atoms with Crippen molar-refractivity contribution in [3.8, 4) is 0 Å². The maximum Gasteiger partial charge on any atom is 0.0535 e. The summed E-state index contributed by atoms with van der Waals surface area (Å²) < 4.78 is 5.44. The van der Waals surface area contributed by atoms with Crippen molar-refractivity contribution in [1.82, 2.24) is 0 Å². The van der Waals surface area contributed by atoms with E-state index >= 15 is 0 Å². The van der Waals surface area contributed by atoms with Gasteiger partial charge in [-0.05, 0) is 66.2 Å². The molecule has 0 amide bonds. The highest BCUT2D eigenvalue weighted by Crippen LogP contribution is 2.42. The van der Waals surface area contributed by atoms with E-state index in [4.69, 9.17) is 0 Å². The first kappa shape index (κ1) is 27.1. The van der Waals surface area contributed by atoms with E-state index in [1.54, 1.807) is 0 Å². The Morgan fingerprint density at radius 2 is 1.83 bits per heavy atom. The van der Waals surface area contributed by atoms with E-state index < -0.39 is 0 Å². The number of unbranched alkanes of at least 4 members (excludes halogenated alkanes) is 1. The molecule has 2 heterocycles. The Morgan fingerprint density at radius 1 is 1.06 bits per heavy atom. The van der Waals surface area contributed by atoms with Gasteiger partial charge in [-0.25, -0.2) is 0 Å². The van der Waals surface area contributed by atoms with Gasteiger partial charge in [-0.3, -0.25) is 0 Å². The van der Waals surface area contributed by atoms with Crippen molar-refractivity contribution >= 4 is 76.4 Å². The van der Waals surface area contributed by atoms with Crippen LogP contribution in [-0.4, -0.2) is 4.43 Å². The summed E-state index contributed by atoms with van der Waals surface area (Å²) in [6.45, 7) is 15.0.